The Hall–Kier alpha value is -5.71. The highest BCUT2D eigenvalue weighted by molar-refractivity contribution is 7.26. The number of halogens is 1. The van der Waals surface area contributed by atoms with E-state index in [1.807, 2.05) is 6.07 Å². The first-order valence-corrected chi connectivity index (χ1v) is 16.3. The largest absolute Gasteiger partial charge is 0.309 e. The van der Waals surface area contributed by atoms with Crippen LogP contribution in [-0.2, 0) is 0 Å². The van der Waals surface area contributed by atoms with Crippen molar-refractivity contribution in [3.63, 3.8) is 0 Å². The van der Waals surface area contributed by atoms with Crippen molar-refractivity contribution in [3.8, 4) is 22.5 Å². The average Bonchev–Trinajstić information content (AvgIpc) is 3.76. The molecule has 0 amide bonds. The minimum atomic E-state index is -0.160. The zero-order chi connectivity index (χ0) is 30.4. The molecule has 0 aliphatic rings. The van der Waals surface area contributed by atoms with Gasteiger partial charge in [0.25, 0.3) is 0 Å². The highest BCUT2D eigenvalue weighted by Gasteiger charge is 2.19. The van der Waals surface area contributed by atoms with Gasteiger partial charge in [0.05, 0.1) is 26.8 Å². The van der Waals surface area contributed by atoms with Crippen molar-refractivity contribution >= 4 is 75.1 Å². The smallest absolute Gasteiger partial charge is 0.141 e. The summed E-state index contributed by atoms with van der Waals surface area (Å²) in [7, 11) is 0. The van der Waals surface area contributed by atoms with E-state index in [2.05, 4.69) is 143 Å². The van der Waals surface area contributed by atoms with Crippen LogP contribution < -0.4 is 0 Å². The lowest BCUT2D eigenvalue weighted by molar-refractivity contribution is 0.642. The standard InChI is InChI=1S/C42H25FN2S/c43-36-17-9-16-33-32-15-8-14-29(41(32)46-42(33)36)26-20-22-28(23-21-26)45-38-19-7-5-13-31(38)35-24-34-30-12-4-6-18-37(30)44(39(34)25-40(35)45)27-10-2-1-3-11-27/h1-25H. The maximum atomic E-state index is 14.7. The first-order chi connectivity index (χ1) is 22.7. The normalized spacial score (nSPS) is 12.0. The quantitative estimate of drug-likeness (QED) is 0.189. The number of fused-ring (bicyclic) bond motifs is 9. The molecule has 0 spiro atoms. The maximum Gasteiger partial charge on any atom is 0.141 e. The fraction of sp³-hybridized carbons (Fsp3) is 0. The van der Waals surface area contributed by atoms with E-state index in [1.165, 1.54) is 54.9 Å². The van der Waals surface area contributed by atoms with Crippen LogP contribution >= 0.6 is 11.3 Å². The summed E-state index contributed by atoms with van der Waals surface area (Å²) < 4.78 is 21.3. The van der Waals surface area contributed by atoms with Crippen molar-refractivity contribution in [2.45, 2.75) is 0 Å². The van der Waals surface area contributed by atoms with Gasteiger partial charge in [-0.25, -0.2) is 4.39 Å². The third-order valence-corrected chi connectivity index (χ3v) is 10.7. The van der Waals surface area contributed by atoms with Crippen molar-refractivity contribution in [1.29, 1.82) is 0 Å². The van der Waals surface area contributed by atoms with Gasteiger partial charge in [0.15, 0.2) is 0 Å². The molecule has 10 aromatic rings. The molecular formula is C42H25FN2S. The number of hydrogen-bond acceptors (Lipinski definition) is 1. The molecule has 0 saturated heterocycles. The summed E-state index contributed by atoms with van der Waals surface area (Å²) >= 11 is 1.54. The van der Waals surface area contributed by atoms with E-state index >= 15 is 0 Å². The van der Waals surface area contributed by atoms with Gasteiger partial charge in [-0.05, 0) is 65.7 Å². The van der Waals surface area contributed by atoms with Gasteiger partial charge in [0.1, 0.15) is 5.82 Å². The second-order valence-electron chi connectivity index (χ2n) is 11.9. The molecule has 0 saturated carbocycles. The average molecular weight is 609 g/mol. The lowest BCUT2D eigenvalue weighted by Crippen LogP contribution is -1.95. The Bertz CT molecular complexity index is 2800. The highest BCUT2D eigenvalue weighted by atomic mass is 32.1. The molecule has 3 aromatic heterocycles. The van der Waals surface area contributed by atoms with Crippen molar-refractivity contribution < 1.29 is 4.39 Å². The van der Waals surface area contributed by atoms with Crippen LogP contribution in [0.4, 0.5) is 4.39 Å². The van der Waals surface area contributed by atoms with Gasteiger partial charge in [-0.3, -0.25) is 0 Å². The third kappa shape index (κ3) is 3.56. The summed E-state index contributed by atoms with van der Waals surface area (Å²) in [5.41, 5.74) is 9.23. The Morgan fingerprint density at radius 3 is 1.61 bits per heavy atom. The SMILES string of the molecule is Fc1cccc2c1sc1c(-c3ccc(-n4c5ccccc5c5cc6c7ccccc7n(-c7ccccc7)c6cc54)cc3)cccc12. The monoisotopic (exact) mass is 608 g/mol. The molecular weight excluding hydrogens is 584 g/mol. The summed E-state index contributed by atoms with van der Waals surface area (Å²) in [4.78, 5) is 0. The van der Waals surface area contributed by atoms with Gasteiger partial charge in [-0.2, -0.15) is 0 Å². The van der Waals surface area contributed by atoms with Crippen LogP contribution in [0.1, 0.15) is 0 Å². The first-order valence-electron chi connectivity index (χ1n) is 15.5. The van der Waals surface area contributed by atoms with Gasteiger partial charge in [-0.15, -0.1) is 11.3 Å². The highest BCUT2D eigenvalue weighted by Crippen LogP contribution is 2.42. The Kier molecular flexibility index (Phi) is 5.37. The van der Waals surface area contributed by atoms with Crippen molar-refractivity contribution in [1.82, 2.24) is 9.13 Å². The molecule has 216 valence electrons. The number of aromatic nitrogens is 2. The zero-order valence-corrected chi connectivity index (χ0v) is 25.4. The zero-order valence-electron chi connectivity index (χ0n) is 24.6. The molecule has 7 aromatic carbocycles. The number of para-hydroxylation sites is 3. The Labute approximate surface area is 267 Å². The van der Waals surface area contributed by atoms with Crippen LogP contribution in [0.5, 0.6) is 0 Å². The van der Waals surface area contributed by atoms with Gasteiger partial charge in [0.2, 0.25) is 0 Å². The number of rotatable bonds is 3. The molecule has 0 aliphatic heterocycles. The molecule has 0 radical (unpaired) electrons. The van der Waals surface area contributed by atoms with E-state index < -0.39 is 0 Å². The molecule has 3 heterocycles. The van der Waals surface area contributed by atoms with E-state index in [-0.39, 0.29) is 5.82 Å². The minimum Gasteiger partial charge on any atom is -0.309 e. The van der Waals surface area contributed by atoms with Crippen LogP contribution in [0.25, 0.3) is 86.3 Å². The summed E-state index contributed by atoms with van der Waals surface area (Å²) in [5, 5.41) is 7.04. The fourth-order valence-electron chi connectivity index (χ4n) is 7.37. The van der Waals surface area contributed by atoms with E-state index in [0.717, 1.165) is 38.0 Å². The second kappa shape index (κ2) is 9.64. The fourth-order valence-corrected chi connectivity index (χ4v) is 8.61. The van der Waals surface area contributed by atoms with Crippen LogP contribution in [0.2, 0.25) is 0 Å². The van der Waals surface area contributed by atoms with E-state index in [9.17, 15) is 4.39 Å². The van der Waals surface area contributed by atoms with Crippen molar-refractivity contribution in [3.05, 3.63) is 157 Å². The van der Waals surface area contributed by atoms with Gasteiger partial charge in [0, 0.05) is 48.4 Å². The summed E-state index contributed by atoms with van der Waals surface area (Å²) in [6, 6.07) is 53.2. The first kappa shape index (κ1) is 25.6. The topological polar surface area (TPSA) is 9.86 Å². The van der Waals surface area contributed by atoms with Gasteiger partial charge >= 0.3 is 0 Å². The van der Waals surface area contributed by atoms with Crippen LogP contribution in [-0.4, -0.2) is 9.13 Å². The van der Waals surface area contributed by atoms with Crippen LogP contribution in [0, 0.1) is 5.82 Å². The third-order valence-electron chi connectivity index (χ3n) is 9.39. The summed E-state index contributed by atoms with van der Waals surface area (Å²) in [6.45, 7) is 0. The number of hydrogen-bond donors (Lipinski definition) is 0. The maximum absolute atomic E-state index is 14.7. The Balaban J connectivity index is 1.21. The summed E-state index contributed by atoms with van der Waals surface area (Å²) in [5.74, 6) is -0.160. The van der Waals surface area contributed by atoms with Crippen LogP contribution in [0.3, 0.4) is 0 Å². The predicted molar refractivity (Wildman–Crippen MR) is 193 cm³/mol. The molecule has 0 unspecified atom stereocenters. The van der Waals surface area contributed by atoms with Crippen LogP contribution in [0.15, 0.2) is 152 Å². The number of benzene rings is 7. The number of thiophene rings is 1. The predicted octanol–water partition coefficient (Wildman–Crippen LogP) is 12.1. The lowest BCUT2D eigenvalue weighted by atomic mass is 10.0. The molecule has 0 N–H and O–H groups in total. The van der Waals surface area contributed by atoms with E-state index in [4.69, 9.17) is 0 Å². The second-order valence-corrected chi connectivity index (χ2v) is 12.9. The van der Waals surface area contributed by atoms with Crippen molar-refractivity contribution in [2.24, 2.45) is 0 Å². The molecule has 0 bridgehead atoms. The molecule has 4 heteroatoms. The molecule has 2 nitrogen and oxygen atoms in total. The molecule has 46 heavy (non-hydrogen) atoms. The molecule has 0 aliphatic carbocycles. The van der Waals surface area contributed by atoms with Gasteiger partial charge in [-0.1, -0.05) is 97.1 Å². The minimum absolute atomic E-state index is 0.160. The number of nitrogens with zero attached hydrogens (tertiary/aromatic N) is 2. The molecule has 0 atom stereocenters. The Morgan fingerprint density at radius 2 is 0.935 bits per heavy atom. The van der Waals surface area contributed by atoms with E-state index in [1.54, 1.807) is 12.1 Å². The van der Waals surface area contributed by atoms with Gasteiger partial charge < -0.3 is 9.13 Å². The Morgan fingerprint density at radius 1 is 0.391 bits per heavy atom. The molecule has 0 fully saturated rings. The van der Waals surface area contributed by atoms with E-state index in [0.29, 0.717) is 4.70 Å². The lowest BCUT2D eigenvalue weighted by Gasteiger charge is -2.11. The summed E-state index contributed by atoms with van der Waals surface area (Å²) in [6.07, 6.45) is 0. The molecule has 10 rings (SSSR count). The van der Waals surface area contributed by atoms with Crippen molar-refractivity contribution in [2.75, 3.05) is 0 Å².